The second kappa shape index (κ2) is 8.08. The van der Waals surface area contributed by atoms with E-state index in [1.54, 1.807) is 48.8 Å². The monoisotopic (exact) mass is 311 g/mol. The lowest BCUT2D eigenvalue weighted by molar-refractivity contribution is -0.119. The first-order chi connectivity index (χ1) is 11.1. The van der Waals surface area contributed by atoms with Gasteiger partial charge in [0.2, 0.25) is 5.91 Å². The average molecular weight is 311 g/mol. The molecule has 0 saturated heterocycles. The molecule has 0 fully saturated rings. The van der Waals surface area contributed by atoms with Crippen LogP contribution in [0, 0.1) is 5.92 Å². The fourth-order valence-electron chi connectivity index (χ4n) is 2.17. The first kappa shape index (κ1) is 16.7. The molecule has 0 aliphatic heterocycles. The Morgan fingerprint density at radius 3 is 2.35 bits per heavy atom. The van der Waals surface area contributed by atoms with Crippen LogP contribution in [0.2, 0.25) is 0 Å². The molecule has 1 aromatic carbocycles. The molecule has 0 aliphatic carbocycles. The maximum atomic E-state index is 12.5. The Morgan fingerprint density at radius 2 is 1.74 bits per heavy atom. The van der Waals surface area contributed by atoms with Gasteiger partial charge in [-0.3, -0.25) is 14.6 Å². The van der Waals surface area contributed by atoms with Crippen LogP contribution in [-0.2, 0) is 4.79 Å². The molecule has 0 spiro atoms. The van der Waals surface area contributed by atoms with Gasteiger partial charge >= 0.3 is 0 Å². The quantitative estimate of drug-likeness (QED) is 0.861. The summed E-state index contributed by atoms with van der Waals surface area (Å²) >= 11 is 0. The van der Waals surface area contributed by atoms with E-state index in [4.69, 9.17) is 0 Å². The van der Waals surface area contributed by atoms with Crippen molar-refractivity contribution in [1.29, 1.82) is 0 Å². The van der Waals surface area contributed by atoms with Gasteiger partial charge in [0, 0.05) is 23.6 Å². The first-order valence-electron chi connectivity index (χ1n) is 7.68. The fourth-order valence-corrected chi connectivity index (χ4v) is 2.17. The highest BCUT2D eigenvalue weighted by atomic mass is 16.2. The number of anilines is 1. The van der Waals surface area contributed by atoms with Crippen molar-refractivity contribution in [2.24, 2.45) is 5.92 Å². The summed E-state index contributed by atoms with van der Waals surface area (Å²) in [6.45, 7) is 3.94. The van der Waals surface area contributed by atoms with E-state index < -0.39 is 6.04 Å². The van der Waals surface area contributed by atoms with E-state index in [9.17, 15) is 9.59 Å². The summed E-state index contributed by atoms with van der Waals surface area (Å²) in [6.07, 6.45) is 4.00. The fraction of sp³-hybridized carbons (Fsp3) is 0.278. The summed E-state index contributed by atoms with van der Waals surface area (Å²) < 4.78 is 0. The van der Waals surface area contributed by atoms with E-state index in [1.165, 1.54) is 0 Å². The molecule has 2 N–H and O–H groups in total. The molecule has 5 heteroatoms. The average Bonchev–Trinajstić information content (AvgIpc) is 2.60. The van der Waals surface area contributed by atoms with E-state index in [-0.39, 0.29) is 17.7 Å². The zero-order valence-corrected chi connectivity index (χ0v) is 13.3. The molecule has 2 atom stereocenters. The van der Waals surface area contributed by atoms with Gasteiger partial charge < -0.3 is 10.6 Å². The maximum absolute atomic E-state index is 12.5. The van der Waals surface area contributed by atoms with E-state index in [2.05, 4.69) is 15.6 Å². The van der Waals surface area contributed by atoms with Crippen molar-refractivity contribution < 1.29 is 9.59 Å². The maximum Gasteiger partial charge on any atom is 0.251 e. The Kier molecular flexibility index (Phi) is 5.86. The van der Waals surface area contributed by atoms with E-state index in [1.807, 2.05) is 19.9 Å². The molecule has 1 heterocycles. The van der Waals surface area contributed by atoms with Crippen molar-refractivity contribution in [3.63, 3.8) is 0 Å². The minimum absolute atomic E-state index is 0.0181. The summed E-state index contributed by atoms with van der Waals surface area (Å²) in [6, 6.07) is 11.7. The Balaban J connectivity index is 2.10. The number of hydrogen-bond acceptors (Lipinski definition) is 3. The van der Waals surface area contributed by atoms with Crippen LogP contribution < -0.4 is 10.6 Å². The lowest BCUT2D eigenvalue weighted by Gasteiger charge is -2.23. The summed E-state index contributed by atoms with van der Waals surface area (Å²) in [4.78, 5) is 28.8. The van der Waals surface area contributed by atoms with Gasteiger partial charge in [0.05, 0.1) is 0 Å². The second-order valence-electron chi connectivity index (χ2n) is 5.43. The molecule has 5 nitrogen and oxygen atoms in total. The van der Waals surface area contributed by atoms with Crippen molar-refractivity contribution in [2.75, 3.05) is 5.32 Å². The highest BCUT2D eigenvalue weighted by molar-refractivity contribution is 6.01. The largest absolute Gasteiger partial charge is 0.340 e. The van der Waals surface area contributed by atoms with Crippen LogP contribution >= 0.6 is 0 Å². The van der Waals surface area contributed by atoms with Crippen LogP contribution in [0.15, 0.2) is 54.9 Å². The Bertz CT molecular complexity index is 644. The number of hydrogen-bond donors (Lipinski definition) is 2. The van der Waals surface area contributed by atoms with E-state index in [0.717, 1.165) is 6.42 Å². The third-order valence-electron chi connectivity index (χ3n) is 3.77. The van der Waals surface area contributed by atoms with Crippen molar-refractivity contribution in [3.05, 3.63) is 60.4 Å². The number of carbonyl (C=O) groups excluding carboxylic acids is 2. The van der Waals surface area contributed by atoms with Gasteiger partial charge in [-0.05, 0) is 30.2 Å². The van der Waals surface area contributed by atoms with Gasteiger partial charge in [-0.2, -0.15) is 0 Å². The van der Waals surface area contributed by atoms with Gasteiger partial charge in [-0.25, -0.2) is 0 Å². The molecule has 23 heavy (non-hydrogen) atoms. The number of carbonyl (C=O) groups is 2. The van der Waals surface area contributed by atoms with Crippen LogP contribution in [-0.4, -0.2) is 22.8 Å². The molecule has 1 aromatic heterocycles. The molecular weight excluding hydrogens is 290 g/mol. The SMILES string of the molecule is CC[C@@H](C)[C@@H](NC(=O)c1ccccc1)C(=O)Nc1ccncc1. The molecule has 2 amide bonds. The topological polar surface area (TPSA) is 71.1 Å². The molecule has 2 rings (SSSR count). The predicted molar refractivity (Wildman–Crippen MR) is 90.0 cm³/mol. The van der Waals surface area contributed by atoms with Gasteiger partial charge in [-0.1, -0.05) is 38.5 Å². The summed E-state index contributed by atoms with van der Waals surface area (Å²) in [7, 11) is 0. The van der Waals surface area contributed by atoms with Gasteiger partial charge in [-0.15, -0.1) is 0 Å². The number of amides is 2. The van der Waals surface area contributed by atoms with Crippen molar-refractivity contribution in [3.8, 4) is 0 Å². The highest BCUT2D eigenvalue weighted by Gasteiger charge is 2.26. The predicted octanol–water partition coefficient (Wildman–Crippen LogP) is 2.86. The number of rotatable bonds is 6. The minimum atomic E-state index is -0.596. The third kappa shape index (κ3) is 4.64. The first-order valence-corrected chi connectivity index (χ1v) is 7.68. The minimum Gasteiger partial charge on any atom is -0.340 e. The highest BCUT2D eigenvalue weighted by Crippen LogP contribution is 2.12. The molecule has 0 aliphatic rings. The smallest absolute Gasteiger partial charge is 0.251 e. The van der Waals surface area contributed by atoms with E-state index in [0.29, 0.717) is 11.3 Å². The number of pyridine rings is 1. The van der Waals surface area contributed by atoms with Crippen molar-refractivity contribution in [2.45, 2.75) is 26.3 Å². The molecule has 2 aromatic rings. The van der Waals surface area contributed by atoms with Crippen LogP contribution in [0.4, 0.5) is 5.69 Å². The number of nitrogens with zero attached hydrogens (tertiary/aromatic N) is 1. The lowest BCUT2D eigenvalue weighted by atomic mass is 9.97. The molecule has 0 bridgehead atoms. The summed E-state index contributed by atoms with van der Waals surface area (Å²) in [5, 5.41) is 5.66. The van der Waals surface area contributed by atoms with Crippen LogP contribution in [0.5, 0.6) is 0 Å². The molecule has 120 valence electrons. The van der Waals surface area contributed by atoms with Crippen molar-refractivity contribution >= 4 is 17.5 Å². The Morgan fingerprint density at radius 1 is 1.09 bits per heavy atom. The second-order valence-corrected chi connectivity index (χ2v) is 5.43. The zero-order valence-electron chi connectivity index (χ0n) is 13.3. The van der Waals surface area contributed by atoms with Crippen LogP contribution in [0.25, 0.3) is 0 Å². The third-order valence-corrected chi connectivity index (χ3v) is 3.77. The van der Waals surface area contributed by atoms with E-state index >= 15 is 0 Å². The lowest BCUT2D eigenvalue weighted by Crippen LogP contribution is -2.47. The summed E-state index contributed by atoms with van der Waals surface area (Å²) in [5.74, 6) is -0.458. The molecular formula is C18H21N3O2. The Labute approximate surface area is 136 Å². The summed E-state index contributed by atoms with van der Waals surface area (Å²) in [5.41, 5.74) is 1.20. The molecule has 0 saturated carbocycles. The number of aromatic nitrogens is 1. The van der Waals surface area contributed by atoms with Crippen molar-refractivity contribution in [1.82, 2.24) is 10.3 Å². The zero-order chi connectivity index (χ0) is 16.7. The van der Waals surface area contributed by atoms with Gasteiger partial charge in [0.1, 0.15) is 6.04 Å². The number of nitrogens with one attached hydrogen (secondary N) is 2. The van der Waals surface area contributed by atoms with Crippen LogP contribution in [0.3, 0.4) is 0 Å². The number of benzene rings is 1. The standard InChI is InChI=1S/C18H21N3O2/c1-3-13(2)16(18(23)20-15-9-11-19-12-10-15)21-17(22)14-7-5-4-6-8-14/h4-13,16H,3H2,1-2H3,(H,21,22)(H,19,20,23)/t13-,16-/m1/s1. The molecule has 0 unspecified atom stereocenters. The van der Waals surface area contributed by atoms with Crippen LogP contribution in [0.1, 0.15) is 30.6 Å². The normalized spacial score (nSPS) is 13.0. The van der Waals surface area contributed by atoms with Gasteiger partial charge in [0.25, 0.3) is 5.91 Å². The Hall–Kier alpha value is -2.69. The van der Waals surface area contributed by atoms with Gasteiger partial charge in [0.15, 0.2) is 0 Å². The molecule has 0 radical (unpaired) electrons.